The van der Waals surface area contributed by atoms with Crippen LogP contribution in [-0.2, 0) is 6.54 Å². The predicted molar refractivity (Wildman–Crippen MR) is 134 cm³/mol. The van der Waals surface area contributed by atoms with Gasteiger partial charge < -0.3 is 36.3 Å². The van der Waals surface area contributed by atoms with E-state index in [1.54, 1.807) is 30.5 Å². The minimum Gasteiger partial charge on any atom is -0.395 e. The van der Waals surface area contributed by atoms with E-state index in [2.05, 4.69) is 30.4 Å². The first kappa shape index (κ1) is 26.6. The molecule has 3 aromatic rings. The number of alkyl halides is 2. The molecular weight excluding hydrogens is 472 g/mol. The zero-order valence-electron chi connectivity index (χ0n) is 19.9. The number of aliphatic hydroxyl groups excluding tert-OH is 1. The predicted octanol–water partition coefficient (Wildman–Crippen LogP) is 4.03. The van der Waals surface area contributed by atoms with E-state index < -0.39 is 18.3 Å². The number of ether oxygens (including phenoxy) is 2. The number of fused-ring (bicyclic) bond motifs is 1. The number of aliphatic hydroxyl groups is 1. The summed E-state index contributed by atoms with van der Waals surface area (Å²) in [6.07, 6.45) is -2.76. The molecule has 0 fully saturated rings. The Labute approximate surface area is 207 Å². The molecule has 0 radical (unpaired) electrons. The lowest BCUT2D eigenvalue weighted by molar-refractivity contribution is -0.286. The molecule has 0 aliphatic carbocycles. The van der Waals surface area contributed by atoms with Crippen LogP contribution in [0.1, 0.15) is 29.8 Å². The Kier molecular flexibility index (Phi) is 8.98. The van der Waals surface area contributed by atoms with E-state index in [-0.39, 0.29) is 30.3 Å². The molecule has 1 aliphatic rings. The highest BCUT2D eigenvalue weighted by atomic mass is 19.3. The topological polar surface area (TPSA) is 131 Å². The van der Waals surface area contributed by atoms with Crippen molar-refractivity contribution in [2.75, 3.05) is 29.0 Å². The molecule has 0 saturated heterocycles. The number of nitrogens with one attached hydrogen (secondary N) is 3. The highest BCUT2D eigenvalue weighted by molar-refractivity contribution is 6.08. The third-order valence-electron chi connectivity index (χ3n) is 4.93. The summed E-state index contributed by atoms with van der Waals surface area (Å²) in [6, 6.07) is 14.6. The van der Waals surface area contributed by atoms with E-state index in [0.717, 1.165) is 5.56 Å². The molecule has 0 saturated carbocycles. The largest absolute Gasteiger partial charge is 0.586 e. The smallest absolute Gasteiger partial charge is 0.395 e. The zero-order chi connectivity index (χ0) is 26.1. The monoisotopic (exact) mass is 501 g/mol. The molecule has 4 rings (SSSR count). The number of halogens is 2. The highest BCUT2D eigenvalue weighted by Gasteiger charge is 2.43. The summed E-state index contributed by atoms with van der Waals surface area (Å²) >= 11 is 0. The number of rotatable bonds is 9. The highest BCUT2D eigenvalue weighted by Crippen LogP contribution is 2.42. The molecule has 1 aromatic heterocycles. The normalized spacial score (nSPS) is 13.7. The van der Waals surface area contributed by atoms with Crippen molar-refractivity contribution in [3.8, 4) is 11.5 Å². The van der Waals surface area contributed by atoms with Crippen molar-refractivity contribution in [3.63, 3.8) is 0 Å². The van der Waals surface area contributed by atoms with Crippen molar-refractivity contribution in [3.05, 3.63) is 71.9 Å². The van der Waals surface area contributed by atoms with Gasteiger partial charge >= 0.3 is 6.29 Å². The molecule has 36 heavy (non-hydrogen) atoms. The quantitative estimate of drug-likeness (QED) is 0.297. The Bertz CT molecular complexity index is 1180. The third kappa shape index (κ3) is 7.03. The Morgan fingerprint density at radius 1 is 1.08 bits per heavy atom. The van der Waals surface area contributed by atoms with Gasteiger partial charge in [-0.1, -0.05) is 26.0 Å². The van der Waals surface area contributed by atoms with Gasteiger partial charge in [0, 0.05) is 43.3 Å². The fourth-order valence-electron chi connectivity index (χ4n) is 3.24. The van der Waals surface area contributed by atoms with Crippen LogP contribution in [0.2, 0.25) is 0 Å². The number of anilines is 3. The Balaban J connectivity index is 0.00000176. The van der Waals surface area contributed by atoms with Crippen LogP contribution in [0.4, 0.5) is 26.0 Å². The molecule has 0 bridgehead atoms. The molecule has 1 unspecified atom stereocenters. The molecule has 1 amide bonds. The second-order valence-electron chi connectivity index (χ2n) is 7.50. The second kappa shape index (κ2) is 12.1. The Morgan fingerprint density at radius 2 is 1.83 bits per heavy atom. The first-order valence-electron chi connectivity index (χ1n) is 11.4. The third-order valence-corrected chi connectivity index (χ3v) is 4.93. The summed E-state index contributed by atoms with van der Waals surface area (Å²) in [5.74, 6) is -0.100. The molecule has 2 heterocycles. The van der Waals surface area contributed by atoms with E-state index in [1.165, 1.54) is 18.2 Å². The lowest BCUT2D eigenvalue weighted by atomic mass is 10.1. The van der Waals surface area contributed by atoms with Crippen LogP contribution < -0.4 is 31.2 Å². The molecule has 2 aromatic carbocycles. The molecule has 1 aliphatic heterocycles. The van der Waals surface area contributed by atoms with Crippen molar-refractivity contribution in [1.29, 1.82) is 0 Å². The van der Waals surface area contributed by atoms with Crippen LogP contribution in [0, 0.1) is 0 Å². The number of hydrogen-bond donors (Lipinski definition) is 5. The number of nitrogens with two attached hydrogens (primary N) is 1. The standard InChI is InChI=1S/C23H23F2N5O4.C2H6/c24-23(25)33-19-6-5-15(10-20(19)34-23)30-22(32)17-3-1-2-4-18(17)28-12-14-7-8-27-21(9-14)29-13-16(31)11-26;1-2/h1-10,16,28,31H,11-13,26H2,(H,27,29)(H,30,32);1-2H3. The van der Waals surface area contributed by atoms with Crippen LogP contribution in [0.15, 0.2) is 60.8 Å². The average Bonchev–Trinajstić information content (AvgIpc) is 3.20. The fourth-order valence-corrected chi connectivity index (χ4v) is 3.24. The van der Waals surface area contributed by atoms with Crippen LogP contribution >= 0.6 is 0 Å². The SMILES string of the molecule is CC.NCC(O)CNc1cc(CNc2ccccc2C(=O)Nc2ccc3c(c2)OC(F)(F)O3)ccn1. The minimum absolute atomic E-state index is 0.103. The summed E-state index contributed by atoms with van der Waals surface area (Å²) in [5, 5.41) is 18.5. The average molecular weight is 502 g/mol. The number of aromatic nitrogens is 1. The zero-order valence-corrected chi connectivity index (χ0v) is 19.9. The van der Waals surface area contributed by atoms with Crippen molar-refractivity contribution >= 4 is 23.1 Å². The van der Waals surface area contributed by atoms with Crippen molar-refractivity contribution in [1.82, 2.24) is 4.98 Å². The molecule has 9 nitrogen and oxygen atoms in total. The lowest BCUT2D eigenvalue weighted by Crippen LogP contribution is -2.28. The van der Waals surface area contributed by atoms with Gasteiger partial charge in [-0.3, -0.25) is 4.79 Å². The molecule has 6 N–H and O–H groups in total. The molecule has 192 valence electrons. The van der Waals surface area contributed by atoms with Gasteiger partial charge in [0.05, 0.1) is 11.7 Å². The first-order chi connectivity index (χ1) is 17.3. The Morgan fingerprint density at radius 3 is 2.61 bits per heavy atom. The van der Waals surface area contributed by atoms with Crippen molar-refractivity contribution in [2.45, 2.75) is 32.8 Å². The van der Waals surface area contributed by atoms with Crippen LogP contribution in [0.3, 0.4) is 0 Å². The van der Waals surface area contributed by atoms with Gasteiger partial charge in [-0.25, -0.2) is 4.98 Å². The number of carbonyl (C=O) groups excluding carboxylic acids is 1. The van der Waals surface area contributed by atoms with E-state index in [4.69, 9.17) is 5.73 Å². The van der Waals surface area contributed by atoms with Crippen LogP contribution in [-0.4, -0.2) is 41.5 Å². The Hall–Kier alpha value is -3.96. The van der Waals surface area contributed by atoms with E-state index in [0.29, 0.717) is 23.6 Å². The summed E-state index contributed by atoms with van der Waals surface area (Å²) in [6.45, 7) is 4.83. The van der Waals surface area contributed by atoms with Crippen LogP contribution in [0.25, 0.3) is 0 Å². The maximum Gasteiger partial charge on any atom is 0.586 e. The maximum absolute atomic E-state index is 13.2. The van der Waals surface area contributed by atoms with Gasteiger partial charge in [0.1, 0.15) is 5.82 Å². The van der Waals surface area contributed by atoms with Gasteiger partial charge in [0.15, 0.2) is 11.5 Å². The maximum atomic E-state index is 13.2. The van der Waals surface area contributed by atoms with E-state index in [9.17, 15) is 18.7 Å². The second-order valence-corrected chi connectivity index (χ2v) is 7.50. The number of benzene rings is 2. The lowest BCUT2D eigenvalue weighted by Gasteiger charge is -2.14. The van der Waals surface area contributed by atoms with Gasteiger partial charge in [-0.15, -0.1) is 8.78 Å². The summed E-state index contributed by atoms with van der Waals surface area (Å²) in [7, 11) is 0. The van der Waals surface area contributed by atoms with Crippen molar-refractivity contribution < 1.29 is 28.2 Å². The number of amides is 1. The van der Waals surface area contributed by atoms with Gasteiger partial charge in [-0.2, -0.15) is 0 Å². The number of carbonyl (C=O) groups is 1. The minimum atomic E-state index is -3.73. The summed E-state index contributed by atoms with van der Waals surface area (Å²) in [4.78, 5) is 17.1. The van der Waals surface area contributed by atoms with E-state index >= 15 is 0 Å². The van der Waals surface area contributed by atoms with Gasteiger partial charge in [0.25, 0.3) is 5.91 Å². The molecule has 11 heteroatoms. The van der Waals surface area contributed by atoms with Gasteiger partial charge in [0.2, 0.25) is 0 Å². The number of nitrogens with zero attached hydrogens (tertiary/aromatic N) is 1. The van der Waals surface area contributed by atoms with E-state index in [1.807, 2.05) is 26.0 Å². The number of hydrogen-bond acceptors (Lipinski definition) is 8. The van der Waals surface area contributed by atoms with Crippen LogP contribution in [0.5, 0.6) is 11.5 Å². The molecular formula is C25H29F2N5O4. The molecule has 0 spiro atoms. The number of para-hydroxylation sites is 1. The van der Waals surface area contributed by atoms with Gasteiger partial charge in [-0.05, 0) is 42.0 Å². The fraction of sp³-hybridized carbons (Fsp3) is 0.280. The number of pyridine rings is 1. The first-order valence-corrected chi connectivity index (χ1v) is 11.4. The molecule has 1 atom stereocenters. The summed E-state index contributed by atoms with van der Waals surface area (Å²) in [5.41, 5.74) is 7.53. The van der Waals surface area contributed by atoms with Crippen molar-refractivity contribution in [2.24, 2.45) is 5.73 Å². The summed E-state index contributed by atoms with van der Waals surface area (Å²) < 4.78 is 35.3.